The van der Waals surface area contributed by atoms with Crippen LogP contribution in [0.5, 0.6) is 0 Å². The van der Waals surface area contributed by atoms with Gasteiger partial charge < -0.3 is 9.64 Å². The Morgan fingerprint density at radius 3 is 2.47 bits per heavy atom. The van der Waals surface area contributed by atoms with E-state index in [1.54, 1.807) is 25.9 Å². The van der Waals surface area contributed by atoms with E-state index in [-0.39, 0.29) is 23.9 Å². The Morgan fingerprint density at radius 2 is 2.00 bits per heavy atom. The van der Waals surface area contributed by atoms with E-state index in [0.717, 1.165) is 0 Å². The van der Waals surface area contributed by atoms with Crippen LogP contribution in [0.3, 0.4) is 0 Å². The molecule has 0 unspecified atom stereocenters. The summed E-state index contributed by atoms with van der Waals surface area (Å²) in [5.41, 5.74) is 0. The Bertz CT molecular complexity index is 337. The first kappa shape index (κ1) is 13.8. The summed E-state index contributed by atoms with van der Waals surface area (Å²) in [7, 11) is 4.86. The number of methoxy groups -OCH3 is 1. The summed E-state index contributed by atoms with van der Waals surface area (Å²) < 4.78 is 4.63. The molecule has 0 aromatic heterocycles. The summed E-state index contributed by atoms with van der Waals surface area (Å²) >= 11 is 0. The normalized spacial score (nSPS) is 29.6. The Labute approximate surface area is 101 Å². The van der Waals surface area contributed by atoms with Crippen LogP contribution in [0.4, 0.5) is 0 Å². The van der Waals surface area contributed by atoms with E-state index < -0.39 is 17.8 Å². The molecule has 17 heavy (non-hydrogen) atoms. The van der Waals surface area contributed by atoms with Gasteiger partial charge in [-0.15, -0.1) is 0 Å². The second-order valence-corrected chi connectivity index (χ2v) is 4.87. The van der Waals surface area contributed by atoms with E-state index in [9.17, 15) is 14.4 Å². The smallest absolute Gasteiger partial charge is 0.316 e. The molecule has 1 rings (SSSR count). The summed E-state index contributed by atoms with van der Waals surface area (Å²) in [6.07, 6.45) is 0.268. The van der Waals surface area contributed by atoms with Crippen molar-refractivity contribution in [2.24, 2.45) is 17.8 Å². The van der Waals surface area contributed by atoms with Crippen molar-refractivity contribution in [3.8, 4) is 0 Å². The molecule has 96 valence electrons. The number of esters is 1. The molecule has 1 fully saturated rings. The largest absolute Gasteiger partial charge is 0.468 e. The molecular formula is C12H19NO4. The second kappa shape index (κ2) is 5.40. The molecule has 1 aliphatic carbocycles. The van der Waals surface area contributed by atoms with Crippen molar-refractivity contribution in [2.45, 2.75) is 13.3 Å². The van der Waals surface area contributed by atoms with Gasteiger partial charge in [0.25, 0.3) is 0 Å². The number of ether oxygens (including phenoxy) is 1. The highest BCUT2D eigenvalue weighted by Gasteiger charge is 2.45. The monoisotopic (exact) mass is 241 g/mol. The highest BCUT2D eigenvalue weighted by Crippen LogP contribution is 2.29. The zero-order valence-corrected chi connectivity index (χ0v) is 10.7. The molecule has 1 aliphatic rings. The number of hydrogen-bond donors (Lipinski definition) is 0. The van der Waals surface area contributed by atoms with Gasteiger partial charge in [0.15, 0.2) is 5.78 Å². The minimum atomic E-state index is -0.789. The second-order valence-electron chi connectivity index (χ2n) is 4.87. The Balaban J connectivity index is 2.91. The van der Waals surface area contributed by atoms with Gasteiger partial charge in [0.2, 0.25) is 0 Å². The molecule has 0 spiro atoms. The van der Waals surface area contributed by atoms with E-state index in [2.05, 4.69) is 4.74 Å². The summed E-state index contributed by atoms with van der Waals surface area (Å²) in [5.74, 6) is -2.64. The topological polar surface area (TPSA) is 63.7 Å². The van der Waals surface area contributed by atoms with Gasteiger partial charge in [-0.2, -0.15) is 0 Å². The first-order chi connectivity index (χ1) is 7.88. The maximum Gasteiger partial charge on any atom is 0.316 e. The zero-order chi connectivity index (χ0) is 13.2. The van der Waals surface area contributed by atoms with Gasteiger partial charge in [-0.3, -0.25) is 14.4 Å². The fourth-order valence-electron chi connectivity index (χ4n) is 2.27. The van der Waals surface area contributed by atoms with Gasteiger partial charge in [0.1, 0.15) is 11.7 Å². The van der Waals surface area contributed by atoms with Crippen molar-refractivity contribution in [1.82, 2.24) is 4.90 Å². The van der Waals surface area contributed by atoms with Crippen molar-refractivity contribution in [2.75, 3.05) is 27.7 Å². The molecule has 0 aromatic rings. The van der Waals surface area contributed by atoms with Crippen molar-refractivity contribution in [1.29, 1.82) is 0 Å². The number of ketones is 2. The SMILES string of the molecule is COC(=O)[C@H]1C(=O)[C@H](CN(C)C)C(=O)C[C@H]1C. The van der Waals surface area contributed by atoms with Crippen LogP contribution in [0.2, 0.25) is 0 Å². The van der Waals surface area contributed by atoms with Gasteiger partial charge >= 0.3 is 5.97 Å². The molecule has 0 N–H and O–H groups in total. The third-order valence-electron chi connectivity index (χ3n) is 3.13. The van der Waals surface area contributed by atoms with Crippen molar-refractivity contribution in [3.63, 3.8) is 0 Å². The first-order valence-electron chi connectivity index (χ1n) is 5.67. The fourth-order valence-corrected chi connectivity index (χ4v) is 2.27. The van der Waals surface area contributed by atoms with Crippen LogP contribution >= 0.6 is 0 Å². The van der Waals surface area contributed by atoms with E-state index >= 15 is 0 Å². The number of nitrogens with zero attached hydrogens (tertiary/aromatic N) is 1. The predicted octanol–water partition coefficient (Wildman–Crippen LogP) is 0.131. The van der Waals surface area contributed by atoms with Crippen molar-refractivity contribution in [3.05, 3.63) is 0 Å². The average Bonchev–Trinajstić information content (AvgIpc) is 2.23. The summed E-state index contributed by atoms with van der Waals surface area (Å²) in [4.78, 5) is 37.3. The third-order valence-corrected chi connectivity index (χ3v) is 3.13. The molecule has 0 amide bonds. The first-order valence-corrected chi connectivity index (χ1v) is 5.67. The third kappa shape index (κ3) is 2.91. The van der Waals surface area contributed by atoms with Crippen molar-refractivity contribution >= 4 is 17.5 Å². The van der Waals surface area contributed by atoms with E-state index in [1.807, 2.05) is 0 Å². The molecule has 0 heterocycles. The Hall–Kier alpha value is -1.23. The highest BCUT2D eigenvalue weighted by atomic mass is 16.5. The van der Waals surface area contributed by atoms with Crippen LogP contribution in [-0.4, -0.2) is 50.2 Å². The number of carbonyl (C=O) groups is 3. The van der Waals surface area contributed by atoms with Gasteiger partial charge in [-0.05, 0) is 20.0 Å². The van der Waals surface area contributed by atoms with Crippen LogP contribution in [0.1, 0.15) is 13.3 Å². The Morgan fingerprint density at radius 1 is 1.41 bits per heavy atom. The lowest BCUT2D eigenvalue weighted by molar-refractivity contribution is -0.156. The molecule has 0 radical (unpaired) electrons. The molecule has 5 heteroatoms. The predicted molar refractivity (Wildman–Crippen MR) is 61.3 cm³/mol. The molecule has 0 aromatic carbocycles. The number of Topliss-reactive ketones (excluding diaryl/α,β-unsaturated/α-hetero) is 2. The molecule has 0 saturated heterocycles. The minimum absolute atomic E-state index is 0.0728. The molecule has 1 saturated carbocycles. The molecule has 0 aliphatic heterocycles. The van der Waals surface area contributed by atoms with Gasteiger partial charge in [0.05, 0.1) is 13.0 Å². The number of rotatable bonds is 3. The lowest BCUT2D eigenvalue weighted by atomic mass is 9.73. The molecule has 3 atom stereocenters. The van der Waals surface area contributed by atoms with Crippen LogP contribution in [-0.2, 0) is 19.1 Å². The standard InChI is InChI=1S/C12H19NO4/c1-7-5-9(14)8(6-13(2)3)11(15)10(7)12(16)17-4/h7-8,10H,5-6H2,1-4H3/t7-,8-,10-/m1/s1. The van der Waals surface area contributed by atoms with Gasteiger partial charge in [0, 0.05) is 13.0 Å². The molecule has 5 nitrogen and oxygen atoms in total. The van der Waals surface area contributed by atoms with Crippen LogP contribution in [0, 0.1) is 17.8 Å². The van der Waals surface area contributed by atoms with E-state index in [4.69, 9.17) is 0 Å². The van der Waals surface area contributed by atoms with Crippen LogP contribution in [0.25, 0.3) is 0 Å². The molecule has 0 bridgehead atoms. The van der Waals surface area contributed by atoms with E-state index in [0.29, 0.717) is 6.54 Å². The lowest BCUT2D eigenvalue weighted by Crippen LogP contribution is -2.47. The van der Waals surface area contributed by atoms with E-state index in [1.165, 1.54) is 7.11 Å². The van der Waals surface area contributed by atoms with Gasteiger partial charge in [-0.1, -0.05) is 6.92 Å². The summed E-state index contributed by atoms with van der Waals surface area (Å²) in [6, 6.07) is 0. The maximum absolute atomic E-state index is 12.1. The summed E-state index contributed by atoms with van der Waals surface area (Å²) in [6.45, 7) is 2.10. The fraction of sp³-hybridized carbons (Fsp3) is 0.750. The lowest BCUT2D eigenvalue weighted by Gasteiger charge is -2.31. The van der Waals surface area contributed by atoms with Crippen molar-refractivity contribution < 1.29 is 19.1 Å². The van der Waals surface area contributed by atoms with Crippen LogP contribution in [0.15, 0.2) is 0 Å². The maximum atomic E-state index is 12.1. The zero-order valence-electron chi connectivity index (χ0n) is 10.7. The molecular weight excluding hydrogens is 222 g/mol. The average molecular weight is 241 g/mol. The Kier molecular flexibility index (Phi) is 4.40. The highest BCUT2D eigenvalue weighted by molar-refractivity contribution is 6.12. The quantitative estimate of drug-likeness (QED) is 0.519. The number of carbonyl (C=O) groups excluding carboxylic acids is 3. The van der Waals surface area contributed by atoms with Crippen LogP contribution < -0.4 is 0 Å². The number of hydrogen-bond acceptors (Lipinski definition) is 5. The minimum Gasteiger partial charge on any atom is -0.468 e. The summed E-state index contributed by atoms with van der Waals surface area (Å²) in [5, 5.41) is 0. The van der Waals surface area contributed by atoms with Gasteiger partial charge in [-0.25, -0.2) is 0 Å².